The molecule has 0 unspecified atom stereocenters. The summed E-state index contributed by atoms with van der Waals surface area (Å²) < 4.78 is 46.9. The van der Waals surface area contributed by atoms with Crippen LogP contribution in [0.1, 0.15) is 66.0 Å². The molecule has 0 spiro atoms. The fourth-order valence-corrected chi connectivity index (χ4v) is 4.71. The summed E-state index contributed by atoms with van der Waals surface area (Å²) in [6, 6.07) is 11.7. The number of nitrogens with zero attached hydrogens (tertiary/aromatic N) is 2. The van der Waals surface area contributed by atoms with Gasteiger partial charge in [-0.05, 0) is 101 Å². The quantitative estimate of drug-likeness (QED) is 0.122. The molecular formula is C29H39BrN2O8S. The van der Waals surface area contributed by atoms with E-state index in [0.717, 1.165) is 5.56 Å². The summed E-state index contributed by atoms with van der Waals surface area (Å²) in [5.41, 5.74) is 0.167. The molecule has 0 aromatic heterocycles. The maximum Gasteiger partial charge on any atom is 0.435 e. The summed E-state index contributed by atoms with van der Waals surface area (Å²) in [6.07, 6.45) is -1.14. The summed E-state index contributed by atoms with van der Waals surface area (Å²) in [6.45, 7) is 14.1. The van der Waals surface area contributed by atoms with E-state index in [1.807, 2.05) is 6.92 Å². The monoisotopic (exact) mass is 654 g/mol. The third kappa shape index (κ3) is 12.2. The first-order valence-electron chi connectivity index (χ1n) is 13.0. The van der Waals surface area contributed by atoms with E-state index < -0.39 is 33.5 Å². The number of hydrogen-bond donors (Lipinski definition) is 0. The highest BCUT2D eigenvalue weighted by molar-refractivity contribution is 9.10. The van der Waals surface area contributed by atoms with Crippen LogP contribution in [0.25, 0.3) is 0 Å². The largest absolute Gasteiger partial charge is 0.492 e. The van der Waals surface area contributed by atoms with Crippen LogP contribution in [0.5, 0.6) is 5.75 Å². The van der Waals surface area contributed by atoms with Gasteiger partial charge in [-0.1, -0.05) is 23.8 Å². The Morgan fingerprint density at radius 1 is 0.927 bits per heavy atom. The summed E-state index contributed by atoms with van der Waals surface area (Å²) in [5, 5.41) is 0. The van der Waals surface area contributed by atoms with Crippen molar-refractivity contribution in [2.24, 2.45) is 4.99 Å². The summed E-state index contributed by atoms with van der Waals surface area (Å²) in [4.78, 5) is 30.5. The molecule has 2 aromatic rings. The lowest BCUT2D eigenvalue weighted by Crippen LogP contribution is -2.40. The first-order chi connectivity index (χ1) is 18.9. The zero-order chi connectivity index (χ0) is 31.0. The summed E-state index contributed by atoms with van der Waals surface area (Å²) in [7, 11) is -3.84. The fraction of sp³-hybridized carbons (Fsp3) is 0.483. The second-order valence-electron chi connectivity index (χ2n) is 11.3. The molecule has 0 bridgehead atoms. The van der Waals surface area contributed by atoms with Crippen LogP contribution in [0.4, 0.5) is 9.59 Å². The third-order valence-electron chi connectivity index (χ3n) is 5.08. The minimum absolute atomic E-state index is 0.0347. The van der Waals surface area contributed by atoms with Crippen LogP contribution in [0.2, 0.25) is 0 Å². The molecule has 0 saturated carbocycles. The van der Waals surface area contributed by atoms with E-state index in [0.29, 0.717) is 22.2 Å². The van der Waals surface area contributed by atoms with Crippen molar-refractivity contribution in [3.63, 3.8) is 0 Å². The van der Waals surface area contributed by atoms with E-state index in [1.54, 1.807) is 71.9 Å². The molecule has 0 aliphatic rings. The predicted molar refractivity (Wildman–Crippen MR) is 160 cm³/mol. The number of ether oxygens (including phenoxy) is 3. The van der Waals surface area contributed by atoms with Gasteiger partial charge in [0.1, 0.15) is 22.8 Å². The van der Waals surface area contributed by atoms with Crippen LogP contribution in [-0.4, -0.2) is 55.8 Å². The molecule has 226 valence electrons. The van der Waals surface area contributed by atoms with Crippen molar-refractivity contribution in [3.8, 4) is 5.75 Å². The number of rotatable bonds is 9. The molecule has 2 aromatic carbocycles. The Balaban J connectivity index is 2.04. The van der Waals surface area contributed by atoms with E-state index in [2.05, 4.69) is 20.9 Å². The lowest BCUT2D eigenvalue weighted by molar-refractivity contribution is 0.0357. The Kier molecular flexibility index (Phi) is 11.9. The molecule has 0 aliphatic heterocycles. The van der Waals surface area contributed by atoms with Gasteiger partial charge in [-0.15, -0.1) is 0 Å². The maximum absolute atomic E-state index is 13.0. The van der Waals surface area contributed by atoms with Crippen molar-refractivity contribution >= 4 is 44.1 Å². The number of carbonyl (C=O) groups is 2. The summed E-state index contributed by atoms with van der Waals surface area (Å²) >= 11 is 3.48. The number of aliphatic imine (C=N–C) groups is 1. The number of amidine groups is 1. The molecule has 0 heterocycles. The Bertz CT molecular complexity index is 1340. The molecule has 0 atom stereocenters. The highest BCUT2D eigenvalue weighted by Crippen LogP contribution is 2.27. The molecule has 2 rings (SSSR count). The zero-order valence-corrected chi connectivity index (χ0v) is 27.2. The van der Waals surface area contributed by atoms with Crippen molar-refractivity contribution in [3.05, 3.63) is 58.1 Å². The third-order valence-corrected chi connectivity index (χ3v) is 7.03. The van der Waals surface area contributed by atoms with Gasteiger partial charge in [0.25, 0.3) is 10.1 Å². The summed E-state index contributed by atoms with van der Waals surface area (Å²) in [5.74, 6) is 0.642. The number of carbonyl (C=O) groups excluding carboxylic acids is 2. The van der Waals surface area contributed by atoms with Gasteiger partial charge in [0.15, 0.2) is 0 Å². The van der Waals surface area contributed by atoms with Gasteiger partial charge in [0, 0.05) is 6.42 Å². The average Bonchev–Trinajstić information content (AvgIpc) is 2.81. The van der Waals surface area contributed by atoms with Crippen LogP contribution in [0, 0.1) is 6.92 Å². The molecule has 0 saturated heterocycles. The van der Waals surface area contributed by atoms with Crippen molar-refractivity contribution in [1.82, 2.24) is 4.90 Å². The second kappa shape index (κ2) is 14.3. The number of aryl methyl sites for hydroxylation is 1. The molecule has 0 aliphatic carbocycles. The van der Waals surface area contributed by atoms with Crippen molar-refractivity contribution in [1.29, 1.82) is 0 Å². The van der Waals surface area contributed by atoms with Gasteiger partial charge in [0.2, 0.25) is 0 Å². The van der Waals surface area contributed by atoms with E-state index in [9.17, 15) is 18.0 Å². The molecule has 0 fully saturated rings. The van der Waals surface area contributed by atoms with Crippen molar-refractivity contribution in [2.75, 3.05) is 13.2 Å². The normalized spacial score (nSPS) is 12.6. The van der Waals surface area contributed by atoms with Gasteiger partial charge >= 0.3 is 12.2 Å². The number of benzene rings is 2. The van der Waals surface area contributed by atoms with Crippen LogP contribution in [0.3, 0.4) is 0 Å². The van der Waals surface area contributed by atoms with E-state index in [4.69, 9.17) is 18.4 Å². The number of hydrogen-bond acceptors (Lipinski definition) is 8. The molecular weight excluding hydrogens is 616 g/mol. The lowest BCUT2D eigenvalue weighted by atomic mass is 10.2. The molecule has 2 amide bonds. The highest BCUT2D eigenvalue weighted by atomic mass is 79.9. The molecule has 0 radical (unpaired) electrons. The van der Waals surface area contributed by atoms with Gasteiger partial charge in [-0.3, -0.25) is 9.08 Å². The predicted octanol–water partition coefficient (Wildman–Crippen LogP) is 7.02. The van der Waals surface area contributed by atoms with Crippen molar-refractivity contribution in [2.45, 2.75) is 84.5 Å². The van der Waals surface area contributed by atoms with Crippen molar-refractivity contribution < 1.29 is 36.4 Å². The molecule has 41 heavy (non-hydrogen) atoms. The minimum Gasteiger partial charge on any atom is -0.492 e. The maximum atomic E-state index is 13.0. The van der Waals surface area contributed by atoms with Crippen LogP contribution in [0.15, 0.2) is 56.8 Å². The van der Waals surface area contributed by atoms with Crippen LogP contribution < -0.4 is 4.74 Å². The topological polar surface area (TPSA) is 121 Å². The standard InChI is InChI=1S/C29H39BrN2O8S/c1-20-10-13-23(14-11-20)41(35,36)38-17-9-16-37-25-15-12-22(18-24(25)30)19-32(27(34)40-29(6,7)8)21(2)31-26(33)39-28(3,4)5/h10-15,18H,9,16-17,19H2,1-8H3. The average molecular weight is 656 g/mol. The molecule has 10 nitrogen and oxygen atoms in total. The van der Waals surface area contributed by atoms with Gasteiger partial charge < -0.3 is 14.2 Å². The molecule has 0 N–H and O–H groups in total. The minimum atomic E-state index is -3.84. The van der Waals surface area contributed by atoms with E-state index >= 15 is 0 Å². The second-order valence-corrected chi connectivity index (χ2v) is 13.7. The van der Waals surface area contributed by atoms with E-state index in [-0.39, 0.29) is 30.5 Å². The zero-order valence-electron chi connectivity index (χ0n) is 24.8. The van der Waals surface area contributed by atoms with Gasteiger partial charge in [0.05, 0.1) is 29.1 Å². The van der Waals surface area contributed by atoms with Crippen LogP contribution in [-0.2, 0) is 30.3 Å². The first kappa shape index (κ1) is 34.2. The Morgan fingerprint density at radius 3 is 2.10 bits per heavy atom. The lowest BCUT2D eigenvalue weighted by Gasteiger charge is -2.27. The SMILES string of the molecule is CC(=NC(=O)OC(C)(C)C)N(Cc1ccc(OCCCOS(=O)(=O)c2ccc(C)cc2)c(Br)c1)C(=O)OC(C)(C)C. The fourth-order valence-electron chi connectivity index (χ4n) is 3.23. The number of amides is 2. The smallest absolute Gasteiger partial charge is 0.435 e. The van der Waals surface area contributed by atoms with Gasteiger partial charge in [-0.25, -0.2) is 9.59 Å². The Labute approximate surface area is 251 Å². The number of halogens is 1. The van der Waals surface area contributed by atoms with Gasteiger partial charge in [-0.2, -0.15) is 13.4 Å². The highest BCUT2D eigenvalue weighted by Gasteiger charge is 2.26. The Hall–Kier alpha value is -2.96. The Morgan fingerprint density at radius 2 is 1.54 bits per heavy atom. The first-order valence-corrected chi connectivity index (χ1v) is 15.2. The van der Waals surface area contributed by atoms with E-state index in [1.165, 1.54) is 24.0 Å². The van der Waals surface area contributed by atoms with Crippen LogP contribution >= 0.6 is 15.9 Å². The molecule has 12 heteroatoms.